The Labute approximate surface area is 116 Å². The second-order valence-corrected chi connectivity index (χ2v) is 7.24. The molecule has 20 heavy (non-hydrogen) atoms. The number of hydrogen-bond donors (Lipinski definition) is 1. The van der Waals surface area contributed by atoms with Gasteiger partial charge < -0.3 is 10.0 Å². The quantitative estimate of drug-likeness (QED) is 0.751. The zero-order valence-corrected chi connectivity index (χ0v) is 11.7. The number of carbonyl (C=O) groups excluding carboxylic acids is 1. The summed E-state index contributed by atoms with van der Waals surface area (Å²) in [4.78, 5) is 23.8. The van der Waals surface area contributed by atoms with Crippen molar-refractivity contribution in [2.24, 2.45) is 0 Å². The van der Waals surface area contributed by atoms with E-state index in [-0.39, 0.29) is 31.7 Å². The average Bonchev–Trinajstić information content (AvgIpc) is 2.91. The molecule has 1 N–H and O–H groups in total. The van der Waals surface area contributed by atoms with Gasteiger partial charge >= 0.3 is 5.97 Å². The number of carboxylic acid groups (broad SMARTS) is 1. The first-order chi connectivity index (χ1) is 9.24. The lowest BCUT2D eigenvalue weighted by Gasteiger charge is -2.19. The van der Waals surface area contributed by atoms with Crippen molar-refractivity contribution in [3.8, 4) is 0 Å². The number of halogens is 1. The number of likely N-dealkylation sites (tertiary alicyclic amines) is 1. The smallest absolute Gasteiger partial charge is 0.343 e. The molecule has 0 aromatic rings. The molecular formula is C11H17FN2O5S. The molecule has 2 heterocycles. The number of alkyl halides is 1. The van der Waals surface area contributed by atoms with Gasteiger partial charge in [-0.2, -0.15) is 0 Å². The van der Waals surface area contributed by atoms with Gasteiger partial charge in [-0.1, -0.05) is 0 Å². The van der Waals surface area contributed by atoms with Crippen molar-refractivity contribution in [2.75, 3.05) is 31.9 Å². The lowest BCUT2D eigenvalue weighted by atomic mass is 10.1. The number of carboxylic acids is 1. The molecule has 0 spiro atoms. The van der Waals surface area contributed by atoms with Crippen molar-refractivity contribution in [3.63, 3.8) is 0 Å². The molecule has 1 atom stereocenters. The van der Waals surface area contributed by atoms with Crippen molar-refractivity contribution in [3.05, 3.63) is 0 Å². The summed E-state index contributed by atoms with van der Waals surface area (Å²) in [5.74, 6) is -1.87. The minimum absolute atomic E-state index is 0.0467. The third-order valence-corrected chi connectivity index (χ3v) is 5.69. The van der Waals surface area contributed by atoms with Crippen molar-refractivity contribution < 1.29 is 27.5 Å². The molecule has 1 amide bonds. The van der Waals surface area contributed by atoms with Crippen molar-refractivity contribution >= 4 is 21.9 Å². The normalized spacial score (nSPS) is 29.8. The molecule has 0 aromatic heterocycles. The van der Waals surface area contributed by atoms with Crippen molar-refractivity contribution in [2.45, 2.75) is 24.9 Å². The fourth-order valence-electron chi connectivity index (χ4n) is 2.48. The van der Waals surface area contributed by atoms with E-state index in [4.69, 9.17) is 5.11 Å². The Morgan fingerprint density at radius 3 is 2.50 bits per heavy atom. The minimum Gasteiger partial charge on any atom is -0.479 e. The number of amides is 1. The average molecular weight is 308 g/mol. The van der Waals surface area contributed by atoms with Gasteiger partial charge in [0.05, 0.1) is 12.3 Å². The fourth-order valence-corrected chi connectivity index (χ4v) is 4.01. The van der Waals surface area contributed by atoms with Crippen molar-refractivity contribution in [1.82, 2.24) is 9.21 Å². The van der Waals surface area contributed by atoms with E-state index in [0.29, 0.717) is 13.0 Å². The van der Waals surface area contributed by atoms with Crippen LogP contribution in [0.4, 0.5) is 4.39 Å². The van der Waals surface area contributed by atoms with Gasteiger partial charge in [0, 0.05) is 32.5 Å². The van der Waals surface area contributed by atoms with Gasteiger partial charge in [0.2, 0.25) is 21.6 Å². The topological polar surface area (TPSA) is 95.0 Å². The van der Waals surface area contributed by atoms with E-state index < -0.39 is 34.1 Å². The molecule has 2 aliphatic heterocycles. The summed E-state index contributed by atoms with van der Waals surface area (Å²) in [7, 11) is -3.25. The van der Waals surface area contributed by atoms with Crippen LogP contribution in [-0.2, 0) is 19.6 Å². The zero-order valence-electron chi connectivity index (χ0n) is 10.9. The molecule has 0 radical (unpaired) electrons. The molecular weight excluding hydrogens is 291 g/mol. The Balaban J connectivity index is 1.86. The molecule has 2 saturated heterocycles. The summed E-state index contributed by atoms with van der Waals surface area (Å²) in [5, 5.41) is 8.74. The first-order valence-electron chi connectivity index (χ1n) is 6.42. The van der Waals surface area contributed by atoms with Gasteiger partial charge in [0.1, 0.15) is 0 Å². The van der Waals surface area contributed by atoms with E-state index in [0.717, 1.165) is 4.90 Å². The number of rotatable bonds is 4. The zero-order chi connectivity index (χ0) is 15.0. The Kier molecular flexibility index (Phi) is 4.01. The summed E-state index contributed by atoms with van der Waals surface area (Å²) in [6, 6.07) is 0. The van der Waals surface area contributed by atoms with E-state index in [9.17, 15) is 22.4 Å². The highest BCUT2D eigenvalue weighted by Crippen LogP contribution is 2.26. The van der Waals surface area contributed by atoms with Gasteiger partial charge in [-0.15, -0.1) is 0 Å². The summed E-state index contributed by atoms with van der Waals surface area (Å²) in [6.07, 6.45) is 0.276. The Hall–Kier alpha value is -1.22. The van der Waals surface area contributed by atoms with E-state index in [2.05, 4.69) is 0 Å². The predicted molar refractivity (Wildman–Crippen MR) is 67.3 cm³/mol. The molecule has 0 saturated carbocycles. The van der Waals surface area contributed by atoms with Gasteiger partial charge in [-0.25, -0.2) is 21.9 Å². The molecule has 114 valence electrons. The lowest BCUT2D eigenvalue weighted by molar-refractivity contribution is -0.150. The monoisotopic (exact) mass is 308 g/mol. The predicted octanol–water partition coefficient (Wildman–Crippen LogP) is -0.563. The van der Waals surface area contributed by atoms with Crippen molar-refractivity contribution in [1.29, 1.82) is 0 Å². The second-order valence-electron chi connectivity index (χ2n) is 5.15. The summed E-state index contributed by atoms with van der Waals surface area (Å²) in [5.41, 5.74) is -2.38. The molecule has 1 unspecified atom stereocenters. The Bertz CT molecular complexity index is 523. The van der Waals surface area contributed by atoms with E-state index in [1.165, 1.54) is 4.31 Å². The summed E-state index contributed by atoms with van der Waals surface area (Å²) >= 11 is 0. The van der Waals surface area contributed by atoms with Gasteiger partial charge in [0.15, 0.2) is 0 Å². The highest BCUT2D eigenvalue weighted by molar-refractivity contribution is 7.89. The number of aliphatic carboxylic acids is 1. The first-order valence-corrected chi connectivity index (χ1v) is 8.03. The number of carbonyl (C=O) groups is 2. The van der Waals surface area contributed by atoms with Crippen LogP contribution in [0.2, 0.25) is 0 Å². The van der Waals surface area contributed by atoms with E-state index in [1.807, 2.05) is 0 Å². The SMILES string of the molecule is O=C(CCN1CCCS1(=O)=O)N1CCC(F)(C(=O)O)C1. The first kappa shape index (κ1) is 15.2. The molecule has 7 nitrogen and oxygen atoms in total. The van der Waals surface area contributed by atoms with Crippen LogP contribution < -0.4 is 0 Å². The molecule has 2 fully saturated rings. The lowest BCUT2D eigenvalue weighted by Crippen LogP contribution is -2.40. The van der Waals surface area contributed by atoms with Crippen LogP contribution in [0.1, 0.15) is 19.3 Å². The molecule has 0 bridgehead atoms. The molecule has 9 heteroatoms. The fraction of sp³-hybridized carbons (Fsp3) is 0.818. The molecule has 0 aliphatic carbocycles. The minimum atomic E-state index is -3.25. The molecule has 2 rings (SSSR count). The number of sulfonamides is 1. The summed E-state index contributed by atoms with van der Waals surface area (Å²) in [6.45, 7) is 0.0596. The maximum absolute atomic E-state index is 13.8. The molecule has 0 aromatic carbocycles. The van der Waals surface area contributed by atoms with Crippen LogP contribution in [0.25, 0.3) is 0 Å². The highest BCUT2D eigenvalue weighted by atomic mass is 32.2. The van der Waals surface area contributed by atoms with E-state index >= 15 is 0 Å². The Morgan fingerprint density at radius 1 is 1.30 bits per heavy atom. The largest absolute Gasteiger partial charge is 0.479 e. The third-order valence-electron chi connectivity index (χ3n) is 3.73. The number of hydrogen-bond acceptors (Lipinski definition) is 4. The maximum Gasteiger partial charge on any atom is 0.343 e. The van der Waals surface area contributed by atoms with Crippen LogP contribution in [-0.4, -0.2) is 72.2 Å². The Morgan fingerprint density at radius 2 is 2.00 bits per heavy atom. The summed E-state index contributed by atoms with van der Waals surface area (Å²) < 4.78 is 38.2. The van der Waals surface area contributed by atoms with Gasteiger partial charge in [0.25, 0.3) is 0 Å². The van der Waals surface area contributed by atoms with Crippen LogP contribution >= 0.6 is 0 Å². The molecule has 2 aliphatic rings. The highest BCUT2D eigenvalue weighted by Gasteiger charge is 2.46. The van der Waals surface area contributed by atoms with Gasteiger partial charge in [-0.3, -0.25) is 4.79 Å². The van der Waals surface area contributed by atoms with Crippen LogP contribution in [0.5, 0.6) is 0 Å². The second kappa shape index (κ2) is 5.28. The standard InChI is InChI=1S/C11H17FN2O5S/c12-11(10(16)17)3-6-13(8-11)9(15)2-5-14-4-1-7-20(14,18)19/h1-8H2,(H,16,17). The van der Waals surface area contributed by atoms with E-state index in [1.54, 1.807) is 0 Å². The van der Waals surface area contributed by atoms with Crippen LogP contribution in [0, 0.1) is 0 Å². The van der Waals surface area contributed by atoms with Crippen LogP contribution in [0.3, 0.4) is 0 Å². The maximum atomic E-state index is 13.8. The van der Waals surface area contributed by atoms with Crippen LogP contribution in [0.15, 0.2) is 0 Å². The number of nitrogens with zero attached hydrogens (tertiary/aromatic N) is 2. The van der Waals surface area contributed by atoms with Gasteiger partial charge in [-0.05, 0) is 6.42 Å². The third kappa shape index (κ3) is 2.93.